The molecule has 1 fully saturated rings. The molecule has 1 amide bonds. The third-order valence-electron chi connectivity index (χ3n) is 4.87. The molecule has 29 heavy (non-hydrogen) atoms. The van der Waals surface area contributed by atoms with Crippen LogP contribution in [0.25, 0.3) is 0 Å². The molecule has 0 unspecified atom stereocenters. The molecule has 3 rings (SSSR count). The lowest BCUT2D eigenvalue weighted by Crippen LogP contribution is -2.65. The van der Waals surface area contributed by atoms with Crippen molar-refractivity contribution in [3.63, 3.8) is 0 Å². The summed E-state index contributed by atoms with van der Waals surface area (Å²) < 4.78 is 22.7. The predicted octanol–water partition coefficient (Wildman–Crippen LogP) is 1.53. The molecule has 0 spiro atoms. The molecule has 0 N–H and O–H groups in total. The molecule has 2 aliphatic heterocycles. The van der Waals surface area contributed by atoms with Gasteiger partial charge >= 0.3 is 6.09 Å². The van der Waals surface area contributed by atoms with Crippen LogP contribution in [0.15, 0.2) is 12.1 Å². The maximum atomic E-state index is 12.2. The minimum atomic E-state index is -1.90. The van der Waals surface area contributed by atoms with Crippen LogP contribution >= 0.6 is 0 Å². The van der Waals surface area contributed by atoms with Gasteiger partial charge in [-0.25, -0.2) is 4.79 Å². The normalized spacial score (nSPS) is 20.8. The lowest BCUT2D eigenvalue weighted by Gasteiger charge is -2.49. The topological polar surface area (TPSA) is 57.2 Å². The van der Waals surface area contributed by atoms with Crippen LogP contribution in [0.2, 0.25) is 0 Å². The van der Waals surface area contributed by atoms with Crippen molar-refractivity contribution in [1.82, 2.24) is 4.90 Å². The number of rotatable bonds is 2. The zero-order chi connectivity index (χ0) is 21.6. The lowest BCUT2D eigenvalue weighted by atomic mass is 9.41. The number of hydrogen-bond donors (Lipinski definition) is 0. The Bertz CT molecular complexity index is 786. The van der Waals surface area contributed by atoms with E-state index in [1.807, 2.05) is 27.7 Å². The van der Waals surface area contributed by atoms with Crippen molar-refractivity contribution in [3.05, 3.63) is 17.7 Å². The molecule has 0 bridgehead atoms. The Morgan fingerprint density at radius 2 is 1.69 bits per heavy atom. The van der Waals surface area contributed by atoms with Crippen LogP contribution < -0.4 is 14.2 Å². The summed E-state index contributed by atoms with van der Waals surface area (Å²) in [6.07, 6.45) is 0.998. The van der Waals surface area contributed by atoms with E-state index in [9.17, 15) is 4.79 Å². The highest BCUT2D eigenvalue weighted by Crippen LogP contribution is 2.44. The molecular weight excluding hydrogens is 365 g/mol. The maximum Gasteiger partial charge on any atom is 0.410 e. The molecule has 0 atom stereocenters. The number of fused-ring (bicyclic) bond motifs is 1. The molecule has 6 nitrogen and oxygen atoms in total. The smallest absolute Gasteiger partial charge is 0.410 e. The number of carbonyl (C=O) groups is 1. The van der Waals surface area contributed by atoms with E-state index in [1.54, 1.807) is 17.0 Å². The highest BCUT2D eigenvalue weighted by Gasteiger charge is 2.44. The summed E-state index contributed by atoms with van der Waals surface area (Å²) in [7, 11) is 23.3. The molecule has 8 radical (unpaired) electrons. The standard InChI is InChI=1S/C19H23B4NO5/c1-11-13(5-6-14-15(11)28-19(22,23)18(20,21)27-14)26-12-7-9-24(10-8-12)16(25)29-17(2,3)4/h5-6,12H,7-10H2,1-4H3. The zero-order valence-electron chi connectivity index (χ0n) is 17.4. The van der Waals surface area contributed by atoms with E-state index in [-0.39, 0.29) is 12.2 Å². The van der Waals surface area contributed by atoms with Gasteiger partial charge in [0, 0.05) is 42.3 Å². The summed E-state index contributed by atoms with van der Waals surface area (Å²) in [6, 6.07) is 3.41. The van der Waals surface area contributed by atoms with Crippen molar-refractivity contribution in [2.45, 2.75) is 63.0 Å². The Labute approximate surface area is 177 Å². The fourth-order valence-electron chi connectivity index (χ4n) is 3.16. The highest BCUT2D eigenvalue weighted by atomic mass is 16.6. The van der Waals surface area contributed by atoms with Gasteiger partial charge in [-0.15, -0.1) is 0 Å². The van der Waals surface area contributed by atoms with E-state index in [0.717, 1.165) is 0 Å². The number of hydrogen-bond acceptors (Lipinski definition) is 5. The third kappa shape index (κ3) is 4.67. The van der Waals surface area contributed by atoms with Gasteiger partial charge in [-0.1, -0.05) is 0 Å². The second-order valence-corrected chi connectivity index (χ2v) is 8.59. The van der Waals surface area contributed by atoms with Crippen molar-refractivity contribution in [2.24, 2.45) is 0 Å². The van der Waals surface area contributed by atoms with Gasteiger partial charge in [0.2, 0.25) is 0 Å². The molecule has 2 aliphatic rings. The first-order chi connectivity index (χ1) is 13.3. The van der Waals surface area contributed by atoms with Gasteiger partial charge < -0.3 is 23.8 Å². The van der Waals surface area contributed by atoms with Crippen molar-refractivity contribution >= 4 is 37.5 Å². The Morgan fingerprint density at radius 1 is 1.10 bits per heavy atom. The third-order valence-corrected chi connectivity index (χ3v) is 4.87. The Hall–Kier alpha value is -1.85. The fraction of sp³-hybridized carbons (Fsp3) is 0.632. The minimum absolute atomic E-state index is 0.0569. The fourth-order valence-corrected chi connectivity index (χ4v) is 3.16. The molecular formula is C19H23B4NO5. The average Bonchev–Trinajstić information content (AvgIpc) is 2.58. The predicted molar refractivity (Wildman–Crippen MR) is 112 cm³/mol. The first-order valence-corrected chi connectivity index (χ1v) is 9.61. The van der Waals surface area contributed by atoms with Crippen molar-refractivity contribution < 1.29 is 23.7 Å². The minimum Gasteiger partial charge on any atom is -0.501 e. The molecule has 1 aromatic carbocycles. The summed E-state index contributed by atoms with van der Waals surface area (Å²) in [5.74, 6) is 1.29. The van der Waals surface area contributed by atoms with E-state index in [4.69, 9.17) is 50.3 Å². The number of likely N-dealkylation sites (tertiary alicyclic amines) is 1. The zero-order valence-corrected chi connectivity index (χ0v) is 17.4. The summed E-state index contributed by atoms with van der Waals surface area (Å²) in [5.41, 5.74) is 0.159. The molecule has 1 saturated heterocycles. The summed E-state index contributed by atoms with van der Waals surface area (Å²) >= 11 is 0. The summed E-state index contributed by atoms with van der Waals surface area (Å²) in [4.78, 5) is 13.9. The summed E-state index contributed by atoms with van der Waals surface area (Å²) in [5, 5.41) is -3.77. The van der Waals surface area contributed by atoms with E-state index in [1.165, 1.54) is 0 Å². The van der Waals surface area contributed by atoms with Crippen molar-refractivity contribution in [2.75, 3.05) is 13.1 Å². The van der Waals surface area contributed by atoms with Crippen molar-refractivity contribution in [3.8, 4) is 17.2 Å². The van der Waals surface area contributed by atoms with Crippen LogP contribution in [0.1, 0.15) is 39.2 Å². The van der Waals surface area contributed by atoms with Gasteiger partial charge in [0.15, 0.2) is 11.5 Å². The molecule has 0 saturated carbocycles. The van der Waals surface area contributed by atoms with Crippen LogP contribution in [0.3, 0.4) is 0 Å². The second-order valence-electron chi connectivity index (χ2n) is 8.59. The highest BCUT2D eigenvalue weighted by molar-refractivity contribution is 6.53. The number of carbonyl (C=O) groups excluding carboxylic acids is 1. The van der Waals surface area contributed by atoms with E-state index in [2.05, 4.69) is 0 Å². The molecule has 0 aromatic heterocycles. The molecule has 2 heterocycles. The van der Waals surface area contributed by atoms with Gasteiger partial charge in [-0.05, 0) is 39.8 Å². The molecule has 146 valence electrons. The SMILES string of the molecule is [B]C1([B])Oc2ccc(OC3CCN(C(=O)OC(C)(C)C)CC3)c(C)c2OC1([B])[B]. The largest absolute Gasteiger partial charge is 0.501 e. The second kappa shape index (κ2) is 7.44. The Balaban J connectivity index is 1.65. The van der Waals surface area contributed by atoms with Crippen molar-refractivity contribution in [1.29, 1.82) is 0 Å². The number of benzene rings is 1. The molecule has 0 aliphatic carbocycles. The molecule has 1 aromatic rings. The first-order valence-electron chi connectivity index (χ1n) is 9.61. The van der Waals surface area contributed by atoms with Crippen LogP contribution in [0.5, 0.6) is 17.2 Å². The van der Waals surface area contributed by atoms with Gasteiger partial charge in [0.1, 0.15) is 48.8 Å². The van der Waals surface area contributed by atoms with Gasteiger partial charge in [-0.3, -0.25) is 0 Å². The number of ether oxygens (including phenoxy) is 4. The average molecular weight is 389 g/mol. The van der Waals surface area contributed by atoms with Crippen LogP contribution in [0, 0.1) is 6.92 Å². The monoisotopic (exact) mass is 389 g/mol. The van der Waals surface area contributed by atoms with E-state index < -0.39 is 16.4 Å². The quantitative estimate of drug-likeness (QED) is 0.719. The van der Waals surface area contributed by atoms with Crippen LogP contribution in [-0.2, 0) is 4.74 Å². The number of piperidine rings is 1. The van der Waals surface area contributed by atoms with Gasteiger partial charge in [-0.2, -0.15) is 0 Å². The number of amides is 1. The Kier molecular flexibility index (Phi) is 5.61. The maximum absolute atomic E-state index is 12.2. The lowest BCUT2D eigenvalue weighted by molar-refractivity contribution is 0.0124. The van der Waals surface area contributed by atoms with E-state index in [0.29, 0.717) is 48.7 Å². The van der Waals surface area contributed by atoms with Gasteiger partial charge in [0.25, 0.3) is 0 Å². The molecule has 10 heteroatoms. The van der Waals surface area contributed by atoms with Crippen LogP contribution in [0.4, 0.5) is 4.79 Å². The van der Waals surface area contributed by atoms with Gasteiger partial charge in [0.05, 0.1) is 0 Å². The first kappa shape index (κ1) is 21.8. The van der Waals surface area contributed by atoms with Crippen LogP contribution in [-0.4, -0.2) is 78.0 Å². The Morgan fingerprint density at radius 3 is 2.28 bits per heavy atom. The van der Waals surface area contributed by atoms with E-state index >= 15 is 0 Å². The summed E-state index contributed by atoms with van der Waals surface area (Å²) in [6.45, 7) is 8.47. The number of nitrogens with zero attached hydrogens (tertiary/aromatic N) is 1.